The van der Waals surface area contributed by atoms with Gasteiger partial charge in [-0.2, -0.15) is 0 Å². The number of ether oxygens (including phenoxy) is 1. The predicted molar refractivity (Wildman–Crippen MR) is 57.1 cm³/mol. The van der Waals surface area contributed by atoms with Crippen LogP contribution in [-0.2, 0) is 29.2 Å². The third-order valence-corrected chi connectivity index (χ3v) is 2.94. The number of fused-ring (bicyclic) bond motifs is 1. The molecule has 0 amide bonds. The van der Waals surface area contributed by atoms with E-state index in [1.807, 2.05) is 6.07 Å². The summed E-state index contributed by atoms with van der Waals surface area (Å²) in [6, 6.07) is 3.43. The molecule has 1 unspecified atom stereocenters. The van der Waals surface area contributed by atoms with Crippen molar-refractivity contribution in [2.75, 3.05) is 0 Å². The van der Waals surface area contributed by atoms with E-state index >= 15 is 0 Å². The van der Waals surface area contributed by atoms with E-state index in [0.717, 1.165) is 11.1 Å². The predicted octanol–water partition coefficient (Wildman–Crippen LogP) is 1.69. The Morgan fingerprint density at radius 1 is 1.50 bits per heavy atom. The first-order valence-electron chi connectivity index (χ1n) is 5.22. The van der Waals surface area contributed by atoms with Crippen LogP contribution >= 0.6 is 0 Å². The van der Waals surface area contributed by atoms with Crippen LogP contribution < -0.4 is 0 Å². The van der Waals surface area contributed by atoms with E-state index < -0.39 is 11.9 Å². The maximum atomic E-state index is 10.8. The van der Waals surface area contributed by atoms with Crippen LogP contribution in [0.15, 0.2) is 12.1 Å². The van der Waals surface area contributed by atoms with Crippen LogP contribution in [0.2, 0.25) is 0 Å². The van der Waals surface area contributed by atoms with Crippen LogP contribution in [0.3, 0.4) is 0 Å². The molecule has 0 aliphatic carbocycles. The average molecular weight is 222 g/mol. The Hall–Kier alpha value is -1.55. The molecule has 1 atom stereocenters. The summed E-state index contributed by atoms with van der Waals surface area (Å²) >= 11 is 0. The molecule has 1 aromatic carbocycles. The number of aliphatic carboxylic acids is 1. The fourth-order valence-corrected chi connectivity index (χ4v) is 1.93. The average Bonchev–Trinajstić information content (AvgIpc) is 2.70. The van der Waals surface area contributed by atoms with Gasteiger partial charge in [-0.15, -0.1) is 0 Å². The minimum atomic E-state index is -0.851. The largest absolute Gasteiger partial charge is 0.508 e. The van der Waals surface area contributed by atoms with Gasteiger partial charge in [-0.3, -0.25) is 4.79 Å². The molecule has 0 aromatic heterocycles. The van der Waals surface area contributed by atoms with Gasteiger partial charge in [-0.1, -0.05) is 13.0 Å². The molecular weight excluding hydrogens is 208 g/mol. The summed E-state index contributed by atoms with van der Waals surface area (Å²) in [6.07, 6.45) is 0.341. The van der Waals surface area contributed by atoms with Crippen LogP contribution in [0.25, 0.3) is 0 Å². The number of carboxylic acid groups (broad SMARTS) is 1. The number of hydrogen-bond acceptors (Lipinski definition) is 3. The third-order valence-electron chi connectivity index (χ3n) is 2.94. The van der Waals surface area contributed by atoms with Crippen molar-refractivity contribution in [1.29, 1.82) is 0 Å². The quantitative estimate of drug-likeness (QED) is 0.816. The lowest BCUT2D eigenvalue weighted by molar-refractivity contribution is -0.141. The first-order chi connectivity index (χ1) is 7.59. The van der Waals surface area contributed by atoms with Gasteiger partial charge < -0.3 is 14.9 Å². The Kier molecular flexibility index (Phi) is 2.83. The van der Waals surface area contributed by atoms with Crippen molar-refractivity contribution in [3.05, 3.63) is 28.8 Å². The number of aromatic hydroxyl groups is 1. The SMILES string of the molecule is CC(Cc1c(O)ccc2c1COC2)C(=O)O. The fraction of sp³-hybridized carbons (Fsp3) is 0.417. The van der Waals surface area contributed by atoms with E-state index in [1.165, 1.54) is 0 Å². The molecule has 0 spiro atoms. The van der Waals surface area contributed by atoms with Crippen molar-refractivity contribution in [3.63, 3.8) is 0 Å². The molecule has 2 N–H and O–H groups in total. The van der Waals surface area contributed by atoms with Crippen LogP contribution in [0.5, 0.6) is 5.75 Å². The van der Waals surface area contributed by atoms with E-state index in [4.69, 9.17) is 9.84 Å². The Balaban J connectivity index is 2.33. The highest BCUT2D eigenvalue weighted by atomic mass is 16.5. The molecule has 16 heavy (non-hydrogen) atoms. The van der Waals surface area contributed by atoms with Crippen molar-refractivity contribution < 1.29 is 19.7 Å². The van der Waals surface area contributed by atoms with E-state index in [2.05, 4.69) is 0 Å². The maximum Gasteiger partial charge on any atom is 0.306 e. The van der Waals surface area contributed by atoms with Crippen molar-refractivity contribution in [3.8, 4) is 5.75 Å². The molecule has 2 rings (SSSR count). The number of carboxylic acids is 1. The summed E-state index contributed by atoms with van der Waals surface area (Å²) in [6.45, 7) is 2.65. The summed E-state index contributed by atoms with van der Waals surface area (Å²) in [4.78, 5) is 10.8. The van der Waals surface area contributed by atoms with Gasteiger partial charge in [-0.05, 0) is 23.6 Å². The summed E-state index contributed by atoms with van der Waals surface area (Å²) in [5.74, 6) is -1.19. The summed E-state index contributed by atoms with van der Waals surface area (Å²) in [5.41, 5.74) is 2.71. The molecule has 4 heteroatoms. The molecular formula is C12H14O4. The first-order valence-corrected chi connectivity index (χ1v) is 5.22. The van der Waals surface area contributed by atoms with Gasteiger partial charge in [-0.25, -0.2) is 0 Å². The normalized spacial score (nSPS) is 15.8. The molecule has 0 fully saturated rings. The minimum absolute atomic E-state index is 0.164. The molecule has 1 aliphatic heterocycles. The Labute approximate surface area is 93.5 Å². The minimum Gasteiger partial charge on any atom is -0.508 e. The van der Waals surface area contributed by atoms with E-state index in [-0.39, 0.29) is 5.75 Å². The molecule has 1 aliphatic rings. The molecule has 4 nitrogen and oxygen atoms in total. The van der Waals surface area contributed by atoms with Gasteiger partial charge in [0.1, 0.15) is 5.75 Å². The topological polar surface area (TPSA) is 66.8 Å². The molecule has 0 saturated carbocycles. The van der Waals surface area contributed by atoms with Gasteiger partial charge in [0.25, 0.3) is 0 Å². The second-order valence-corrected chi connectivity index (χ2v) is 4.14. The van der Waals surface area contributed by atoms with Crippen LogP contribution in [0, 0.1) is 5.92 Å². The number of benzene rings is 1. The van der Waals surface area contributed by atoms with Crippen molar-refractivity contribution >= 4 is 5.97 Å². The van der Waals surface area contributed by atoms with E-state index in [0.29, 0.717) is 25.2 Å². The lowest BCUT2D eigenvalue weighted by atomic mass is 9.94. The second kappa shape index (κ2) is 4.14. The van der Waals surface area contributed by atoms with Crippen LogP contribution in [-0.4, -0.2) is 16.2 Å². The lowest BCUT2D eigenvalue weighted by Gasteiger charge is -2.12. The summed E-state index contributed by atoms with van der Waals surface area (Å²) in [5, 5.41) is 18.6. The van der Waals surface area contributed by atoms with Crippen molar-refractivity contribution in [2.24, 2.45) is 5.92 Å². The molecule has 86 valence electrons. The van der Waals surface area contributed by atoms with Gasteiger partial charge in [0, 0.05) is 5.56 Å². The van der Waals surface area contributed by atoms with Gasteiger partial charge in [0.15, 0.2) is 0 Å². The zero-order chi connectivity index (χ0) is 11.7. The van der Waals surface area contributed by atoms with Crippen molar-refractivity contribution in [1.82, 2.24) is 0 Å². The Morgan fingerprint density at radius 2 is 2.25 bits per heavy atom. The van der Waals surface area contributed by atoms with Crippen molar-refractivity contribution in [2.45, 2.75) is 26.6 Å². The standard InChI is InChI=1S/C12H14O4/c1-7(12(14)15)4-9-10-6-16-5-8(10)2-3-11(9)13/h2-3,7,13H,4-6H2,1H3,(H,14,15). The highest BCUT2D eigenvalue weighted by Gasteiger charge is 2.21. The highest BCUT2D eigenvalue weighted by molar-refractivity contribution is 5.70. The molecule has 0 radical (unpaired) electrons. The fourth-order valence-electron chi connectivity index (χ4n) is 1.93. The Bertz CT molecular complexity index is 425. The zero-order valence-electron chi connectivity index (χ0n) is 9.06. The monoisotopic (exact) mass is 222 g/mol. The molecule has 0 bridgehead atoms. The zero-order valence-corrected chi connectivity index (χ0v) is 9.06. The molecule has 1 heterocycles. The number of phenolic OH excluding ortho intramolecular Hbond substituents is 1. The number of rotatable bonds is 3. The summed E-state index contributed by atoms with van der Waals surface area (Å²) in [7, 11) is 0. The van der Waals surface area contributed by atoms with Crippen LogP contribution in [0.1, 0.15) is 23.6 Å². The Morgan fingerprint density at radius 3 is 2.94 bits per heavy atom. The van der Waals surface area contributed by atoms with Gasteiger partial charge in [0.2, 0.25) is 0 Å². The smallest absolute Gasteiger partial charge is 0.306 e. The number of hydrogen-bond donors (Lipinski definition) is 2. The third kappa shape index (κ3) is 1.88. The second-order valence-electron chi connectivity index (χ2n) is 4.14. The number of phenols is 1. The maximum absolute atomic E-state index is 10.8. The number of carbonyl (C=O) groups is 1. The van der Waals surface area contributed by atoms with E-state index in [1.54, 1.807) is 13.0 Å². The molecule has 1 aromatic rings. The van der Waals surface area contributed by atoms with E-state index in [9.17, 15) is 9.90 Å². The highest BCUT2D eigenvalue weighted by Crippen LogP contribution is 2.31. The van der Waals surface area contributed by atoms with Gasteiger partial charge >= 0.3 is 5.97 Å². The summed E-state index contributed by atoms with van der Waals surface area (Å²) < 4.78 is 5.29. The van der Waals surface area contributed by atoms with Gasteiger partial charge in [0.05, 0.1) is 19.1 Å². The first kappa shape index (κ1) is 11.0. The van der Waals surface area contributed by atoms with Crippen LogP contribution in [0.4, 0.5) is 0 Å². The lowest BCUT2D eigenvalue weighted by Crippen LogP contribution is -2.13. The molecule has 0 saturated heterocycles.